The lowest BCUT2D eigenvalue weighted by atomic mass is 9.97. The van der Waals surface area contributed by atoms with Gasteiger partial charge in [-0.05, 0) is 50.2 Å². The van der Waals surface area contributed by atoms with E-state index < -0.39 is 0 Å². The van der Waals surface area contributed by atoms with Crippen molar-refractivity contribution >= 4 is 28.0 Å². The average molecular weight is 415 g/mol. The van der Waals surface area contributed by atoms with Gasteiger partial charge >= 0.3 is 0 Å². The molecule has 0 N–H and O–H groups in total. The lowest BCUT2D eigenvalue weighted by Gasteiger charge is -2.30. The van der Waals surface area contributed by atoms with Gasteiger partial charge in [-0.15, -0.1) is 11.3 Å². The molecule has 0 saturated carbocycles. The Bertz CT molecular complexity index is 1240. The number of fused-ring (bicyclic) bond motifs is 2. The number of nitrogens with zero attached hydrogens (tertiary/aromatic N) is 4. The molecule has 1 saturated heterocycles. The maximum atomic E-state index is 5.99. The standard InChI is InChI=1S/C24H22N4OS/c1-2-6-21-18(5-1)13-22(29-21)20-16-30-24(26-20)17-8-11-27(12-9-17)14-19-15-28-10-4-3-7-23(28)25-19/h1-7,10,13,15-17H,8-9,11-12,14H2. The van der Waals surface area contributed by atoms with Gasteiger partial charge < -0.3 is 8.82 Å². The number of thiazole rings is 1. The van der Waals surface area contributed by atoms with Crippen LogP contribution in [0.15, 0.2) is 70.7 Å². The van der Waals surface area contributed by atoms with Crippen molar-refractivity contribution < 1.29 is 4.42 Å². The van der Waals surface area contributed by atoms with Gasteiger partial charge in [0.05, 0.1) is 10.7 Å². The summed E-state index contributed by atoms with van der Waals surface area (Å²) in [4.78, 5) is 12.2. The van der Waals surface area contributed by atoms with E-state index in [9.17, 15) is 0 Å². The number of hydrogen-bond donors (Lipinski definition) is 0. The minimum absolute atomic E-state index is 0.533. The Balaban J connectivity index is 1.12. The molecule has 6 heteroatoms. The topological polar surface area (TPSA) is 46.6 Å². The van der Waals surface area contributed by atoms with Crippen LogP contribution < -0.4 is 0 Å². The van der Waals surface area contributed by atoms with Crippen LogP contribution in [0.4, 0.5) is 0 Å². The summed E-state index contributed by atoms with van der Waals surface area (Å²) in [5.74, 6) is 1.40. The minimum atomic E-state index is 0.533. The maximum Gasteiger partial charge on any atom is 0.154 e. The Labute approximate surface area is 178 Å². The van der Waals surface area contributed by atoms with Crippen molar-refractivity contribution in [2.24, 2.45) is 0 Å². The van der Waals surface area contributed by atoms with E-state index in [1.165, 1.54) is 5.01 Å². The number of furan rings is 1. The maximum absolute atomic E-state index is 5.99. The van der Waals surface area contributed by atoms with Gasteiger partial charge in [0, 0.05) is 35.6 Å². The number of likely N-dealkylation sites (tertiary alicyclic amines) is 1. The molecule has 0 atom stereocenters. The molecular formula is C24H22N4OS. The summed E-state index contributed by atoms with van der Waals surface area (Å²) in [7, 11) is 0. The van der Waals surface area contributed by atoms with Gasteiger partial charge in [0.15, 0.2) is 5.76 Å². The largest absolute Gasteiger partial charge is 0.454 e. The second kappa shape index (κ2) is 7.38. The fraction of sp³-hybridized carbons (Fsp3) is 0.250. The number of hydrogen-bond acceptors (Lipinski definition) is 5. The molecule has 5 nitrogen and oxygen atoms in total. The zero-order valence-electron chi connectivity index (χ0n) is 16.6. The number of piperidine rings is 1. The van der Waals surface area contributed by atoms with Crippen LogP contribution >= 0.6 is 11.3 Å². The van der Waals surface area contributed by atoms with Crippen LogP contribution in [0, 0.1) is 0 Å². The van der Waals surface area contributed by atoms with Crippen molar-refractivity contribution in [3.8, 4) is 11.5 Å². The number of imidazole rings is 1. The monoisotopic (exact) mass is 414 g/mol. The van der Waals surface area contributed by atoms with Crippen LogP contribution in [-0.2, 0) is 6.54 Å². The molecule has 150 valence electrons. The smallest absolute Gasteiger partial charge is 0.154 e. The first-order valence-electron chi connectivity index (χ1n) is 10.4. The Morgan fingerprint density at radius 1 is 1.03 bits per heavy atom. The molecular weight excluding hydrogens is 392 g/mol. The van der Waals surface area contributed by atoms with Crippen molar-refractivity contribution in [1.82, 2.24) is 19.3 Å². The van der Waals surface area contributed by atoms with E-state index in [-0.39, 0.29) is 0 Å². The van der Waals surface area contributed by atoms with Crippen molar-refractivity contribution in [2.75, 3.05) is 13.1 Å². The number of pyridine rings is 1. The van der Waals surface area contributed by atoms with Gasteiger partial charge in [-0.3, -0.25) is 4.90 Å². The molecule has 0 amide bonds. The third-order valence-electron chi connectivity index (χ3n) is 5.94. The van der Waals surface area contributed by atoms with E-state index in [1.807, 2.05) is 30.3 Å². The molecule has 5 heterocycles. The zero-order valence-corrected chi connectivity index (χ0v) is 17.4. The molecule has 5 aromatic rings. The molecule has 1 fully saturated rings. The molecule has 0 aliphatic carbocycles. The summed E-state index contributed by atoms with van der Waals surface area (Å²) < 4.78 is 8.08. The van der Waals surface area contributed by atoms with Gasteiger partial charge in [-0.25, -0.2) is 9.97 Å². The normalized spacial score (nSPS) is 16.0. The molecule has 0 unspecified atom stereocenters. The minimum Gasteiger partial charge on any atom is -0.454 e. The zero-order chi connectivity index (χ0) is 19.9. The summed E-state index contributed by atoms with van der Waals surface area (Å²) in [6.07, 6.45) is 6.48. The van der Waals surface area contributed by atoms with Gasteiger partial charge in [0.1, 0.15) is 16.9 Å². The Morgan fingerprint density at radius 3 is 2.77 bits per heavy atom. The first kappa shape index (κ1) is 17.9. The average Bonchev–Trinajstić information content (AvgIpc) is 3.51. The lowest BCUT2D eigenvalue weighted by Crippen LogP contribution is -2.32. The van der Waals surface area contributed by atoms with Gasteiger partial charge in [0.25, 0.3) is 0 Å². The second-order valence-corrected chi connectivity index (χ2v) is 8.86. The second-order valence-electron chi connectivity index (χ2n) is 7.97. The molecule has 0 spiro atoms. The van der Waals surface area contributed by atoms with Gasteiger partial charge in [-0.2, -0.15) is 0 Å². The summed E-state index contributed by atoms with van der Waals surface area (Å²) >= 11 is 1.76. The van der Waals surface area contributed by atoms with Crippen LogP contribution in [0.1, 0.15) is 29.5 Å². The fourth-order valence-electron chi connectivity index (χ4n) is 4.33. The van der Waals surface area contributed by atoms with Crippen molar-refractivity contribution in [2.45, 2.75) is 25.3 Å². The highest BCUT2D eigenvalue weighted by Crippen LogP contribution is 2.34. The van der Waals surface area contributed by atoms with Crippen LogP contribution in [0.5, 0.6) is 0 Å². The number of rotatable bonds is 4. The first-order chi connectivity index (χ1) is 14.8. The molecule has 1 aliphatic heterocycles. The molecule has 30 heavy (non-hydrogen) atoms. The van der Waals surface area contributed by atoms with Crippen molar-refractivity contribution in [3.63, 3.8) is 0 Å². The van der Waals surface area contributed by atoms with Crippen LogP contribution in [0.25, 0.3) is 28.1 Å². The van der Waals surface area contributed by atoms with Crippen LogP contribution in [0.3, 0.4) is 0 Å². The third kappa shape index (κ3) is 3.32. The van der Waals surface area contributed by atoms with E-state index >= 15 is 0 Å². The summed E-state index contributed by atoms with van der Waals surface area (Å²) in [6, 6.07) is 16.3. The summed E-state index contributed by atoms with van der Waals surface area (Å²) in [5.41, 5.74) is 4.03. The molecule has 6 rings (SSSR count). The molecule has 1 aromatic carbocycles. The molecule has 1 aliphatic rings. The van der Waals surface area contributed by atoms with Crippen molar-refractivity contribution in [3.05, 3.63) is 77.0 Å². The fourth-order valence-corrected chi connectivity index (χ4v) is 5.31. The highest BCUT2D eigenvalue weighted by molar-refractivity contribution is 7.10. The third-order valence-corrected chi connectivity index (χ3v) is 6.94. The Kier molecular flexibility index (Phi) is 4.39. The first-order valence-corrected chi connectivity index (χ1v) is 11.3. The summed E-state index contributed by atoms with van der Waals surface area (Å²) in [6.45, 7) is 3.08. The Morgan fingerprint density at radius 2 is 1.90 bits per heavy atom. The Hall–Kier alpha value is -2.96. The SMILES string of the molecule is c1ccc2oc(-c3csc(C4CCN(Cc5cn6ccccc6n5)CC4)n3)cc2c1. The lowest BCUT2D eigenvalue weighted by molar-refractivity contribution is 0.203. The highest BCUT2D eigenvalue weighted by atomic mass is 32.1. The highest BCUT2D eigenvalue weighted by Gasteiger charge is 2.24. The van der Waals surface area contributed by atoms with E-state index in [0.29, 0.717) is 5.92 Å². The van der Waals surface area contributed by atoms with E-state index in [4.69, 9.17) is 14.4 Å². The quantitative estimate of drug-likeness (QED) is 0.385. The number of benzene rings is 1. The predicted octanol–water partition coefficient (Wildman–Crippen LogP) is 5.58. The number of para-hydroxylation sites is 1. The number of aromatic nitrogens is 3. The predicted molar refractivity (Wildman–Crippen MR) is 120 cm³/mol. The van der Waals surface area contributed by atoms with Crippen molar-refractivity contribution in [1.29, 1.82) is 0 Å². The van der Waals surface area contributed by atoms with Crippen LogP contribution in [0.2, 0.25) is 0 Å². The molecule has 0 bridgehead atoms. The summed E-state index contributed by atoms with van der Waals surface area (Å²) in [5, 5.41) is 4.50. The van der Waals surface area contributed by atoms with E-state index in [2.05, 4.69) is 45.3 Å². The van der Waals surface area contributed by atoms with Gasteiger partial charge in [0.2, 0.25) is 0 Å². The van der Waals surface area contributed by atoms with E-state index in [0.717, 1.165) is 66.2 Å². The van der Waals surface area contributed by atoms with Gasteiger partial charge in [-0.1, -0.05) is 24.3 Å². The van der Waals surface area contributed by atoms with Crippen LogP contribution in [-0.4, -0.2) is 32.4 Å². The molecule has 4 aromatic heterocycles. The van der Waals surface area contributed by atoms with E-state index in [1.54, 1.807) is 11.3 Å². The molecule has 0 radical (unpaired) electrons.